The molecule has 2 aliphatic rings. The monoisotopic (exact) mass is 514 g/mol. The number of hydrogen-bond donors (Lipinski definition) is 3. The van der Waals surface area contributed by atoms with E-state index in [9.17, 15) is 8.42 Å². The van der Waals surface area contributed by atoms with Gasteiger partial charge in [-0.25, -0.2) is 28.1 Å². The maximum absolute atomic E-state index is 12.4. The topological polar surface area (TPSA) is 163 Å². The van der Waals surface area contributed by atoms with Crippen LogP contribution in [0.5, 0.6) is 11.5 Å². The van der Waals surface area contributed by atoms with Crippen LogP contribution in [0.25, 0.3) is 22.4 Å². The van der Waals surface area contributed by atoms with Crippen molar-refractivity contribution in [1.82, 2.24) is 34.4 Å². The van der Waals surface area contributed by atoms with Crippen LogP contribution in [-0.2, 0) is 16.6 Å². The highest BCUT2D eigenvalue weighted by molar-refractivity contribution is 7.99. The van der Waals surface area contributed by atoms with Crippen LogP contribution in [0, 0.1) is 0 Å². The molecule has 4 N–H and O–H groups in total. The predicted molar refractivity (Wildman–Crippen MR) is 129 cm³/mol. The number of rotatable bonds is 9. The lowest BCUT2D eigenvalue weighted by Gasteiger charge is -2.12. The second-order valence-corrected chi connectivity index (χ2v) is 11.2. The molecule has 14 heteroatoms. The van der Waals surface area contributed by atoms with Gasteiger partial charge in [0.25, 0.3) is 0 Å². The Bertz CT molecular complexity index is 1500. The summed E-state index contributed by atoms with van der Waals surface area (Å²) in [7, 11) is -3.34. The fourth-order valence-electron chi connectivity index (χ4n) is 3.86. The maximum atomic E-state index is 12.4. The van der Waals surface area contributed by atoms with E-state index in [1.807, 2.05) is 22.8 Å². The molecule has 0 radical (unpaired) electrons. The summed E-state index contributed by atoms with van der Waals surface area (Å²) in [5, 5.41) is 7.77. The lowest BCUT2D eigenvalue weighted by Crippen LogP contribution is -2.28. The van der Waals surface area contributed by atoms with E-state index < -0.39 is 10.0 Å². The van der Waals surface area contributed by atoms with Crippen LogP contribution >= 0.6 is 11.8 Å². The number of aromatic amines is 1. The van der Waals surface area contributed by atoms with E-state index >= 15 is 0 Å². The van der Waals surface area contributed by atoms with E-state index in [0.29, 0.717) is 40.8 Å². The number of ether oxygens (including phenoxy) is 2. The Kier molecular flexibility index (Phi) is 5.50. The first-order chi connectivity index (χ1) is 17.0. The Balaban J connectivity index is 1.35. The molecule has 4 heterocycles. The van der Waals surface area contributed by atoms with E-state index in [0.717, 1.165) is 29.0 Å². The Morgan fingerprint density at radius 1 is 1.23 bits per heavy atom. The van der Waals surface area contributed by atoms with Crippen LogP contribution in [0.15, 0.2) is 40.8 Å². The summed E-state index contributed by atoms with van der Waals surface area (Å²) in [6.45, 7) is 0.542. The maximum Gasteiger partial charge on any atom is 0.231 e. The largest absolute Gasteiger partial charge is 0.454 e. The van der Waals surface area contributed by atoms with E-state index in [2.05, 4.69) is 24.9 Å². The van der Waals surface area contributed by atoms with Crippen LogP contribution in [0.1, 0.15) is 19.3 Å². The van der Waals surface area contributed by atoms with Gasteiger partial charge in [0.2, 0.25) is 16.8 Å². The summed E-state index contributed by atoms with van der Waals surface area (Å²) in [5.41, 5.74) is 8.68. The number of nitrogens with one attached hydrogen (secondary N) is 2. The number of imidazole rings is 1. The van der Waals surface area contributed by atoms with Crippen LogP contribution in [0.3, 0.4) is 0 Å². The van der Waals surface area contributed by atoms with Crippen LogP contribution < -0.4 is 19.9 Å². The molecule has 0 bridgehead atoms. The Labute approximate surface area is 204 Å². The van der Waals surface area contributed by atoms with Crippen molar-refractivity contribution < 1.29 is 17.9 Å². The van der Waals surface area contributed by atoms with Gasteiger partial charge in [0.1, 0.15) is 6.33 Å². The zero-order valence-corrected chi connectivity index (χ0v) is 20.1. The average molecular weight is 515 g/mol. The molecule has 1 aromatic carbocycles. The van der Waals surface area contributed by atoms with Gasteiger partial charge in [-0.15, -0.1) is 0 Å². The molecule has 1 fully saturated rings. The van der Waals surface area contributed by atoms with E-state index in [-0.39, 0.29) is 24.4 Å². The summed E-state index contributed by atoms with van der Waals surface area (Å²) in [5.74, 6) is 1.54. The minimum atomic E-state index is -3.34. The van der Waals surface area contributed by atoms with Gasteiger partial charge in [0, 0.05) is 29.2 Å². The summed E-state index contributed by atoms with van der Waals surface area (Å²) in [4.78, 5) is 14.0. The van der Waals surface area contributed by atoms with Gasteiger partial charge in [-0.1, -0.05) is 11.8 Å². The molecular weight excluding hydrogens is 492 g/mol. The zero-order valence-electron chi connectivity index (χ0n) is 18.5. The number of nitrogens with two attached hydrogens (primary N) is 1. The highest BCUT2D eigenvalue weighted by Crippen LogP contribution is 2.44. The fraction of sp³-hybridized carbons (Fsp3) is 0.333. The van der Waals surface area contributed by atoms with Crippen LogP contribution in [0.2, 0.25) is 0 Å². The van der Waals surface area contributed by atoms with Gasteiger partial charge in [0.05, 0.1) is 11.4 Å². The second-order valence-electron chi connectivity index (χ2n) is 8.30. The zero-order chi connectivity index (χ0) is 24.0. The molecule has 0 saturated heterocycles. The standard InChI is InChI=1S/C21H22N8O4S2/c22-19-18-20(24-10-23-19)29(6-1-7-35(30,31)28-12-2-3-12)21(26-18)34-17-9-16-15(32-11-33-16)8-13(17)14-4-5-25-27-14/h4-5,8-10,12,28H,1-3,6-7,11H2,(H,25,27)(H2,22,23,24). The third-order valence-electron chi connectivity index (χ3n) is 5.70. The average Bonchev–Trinajstić information content (AvgIpc) is 3.20. The number of aryl methyl sites for hydroxylation is 1. The minimum absolute atomic E-state index is 0.0103. The van der Waals surface area contributed by atoms with Crippen molar-refractivity contribution in [3.63, 3.8) is 0 Å². The van der Waals surface area contributed by atoms with Crippen LogP contribution in [-0.4, -0.2) is 56.7 Å². The predicted octanol–water partition coefficient (Wildman–Crippen LogP) is 2.15. The number of benzene rings is 1. The lowest BCUT2D eigenvalue weighted by atomic mass is 10.1. The molecule has 0 atom stereocenters. The second kappa shape index (κ2) is 8.70. The van der Waals surface area contributed by atoms with Gasteiger partial charge in [-0.3, -0.25) is 5.10 Å². The van der Waals surface area contributed by atoms with Crippen molar-refractivity contribution in [2.75, 3.05) is 18.3 Å². The summed E-state index contributed by atoms with van der Waals surface area (Å²) in [6.07, 6.45) is 5.31. The molecule has 35 heavy (non-hydrogen) atoms. The first-order valence-corrected chi connectivity index (χ1v) is 13.5. The number of sulfonamides is 1. The molecule has 6 rings (SSSR count). The Morgan fingerprint density at radius 3 is 2.83 bits per heavy atom. The molecule has 0 spiro atoms. The van der Waals surface area contributed by atoms with Crippen LogP contribution in [0.4, 0.5) is 5.82 Å². The smallest absolute Gasteiger partial charge is 0.231 e. The third-order valence-corrected chi connectivity index (χ3v) is 8.27. The van der Waals surface area contributed by atoms with Gasteiger partial charge < -0.3 is 19.8 Å². The van der Waals surface area contributed by atoms with Gasteiger partial charge >= 0.3 is 0 Å². The molecule has 0 amide bonds. The highest BCUT2D eigenvalue weighted by Gasteiger charge is 2.27. The number of aromatic nitrogens is 6. The number of nitrogens with zero attached hydrogens (tertiary/aromatic N) is 5. The SMILES string of the molecule is Nc1ncnc2c1nc(Sc1cc3c(cc1-c1cc[nH]n1)OCO3)n2CCCS(=O)(=O)NC1CC1. The van der Waals surface area contributed by atoms with E-state index in [4.69, 9.17) is 20.2 Å². The van der Waals surface area contributed by atoms with Crippen molar-refractivity contribution in [1.29, 1.82) is 0 Å². The number of fused-ring (bicyclic) bond motifs is 2. The molecule has 1 aliphatic heterocycles. The molecule has 4 aromatic rings. The van der Waals surface area contributed by atoms with E-state index in [1.54, 1.807) is 6.20 Å². The van der Waals surface area contributed by atoms with Crippen molar-refractivity contribution >= 4 is 38.8 Å². The number of nitrogen functional groups attached to an aromatic ring is 1. The van der Waals surface area contributed by atoms with Gasteiger partial charge in [-0.05, 0) is 37.5 Å². The molecule has 1 saturated carbocycles. The number of anilines is 1. The minimum Gasteiger partial charge on any atom is -0.454 e. The molecule has 0 unspecified atom stereocenters. The van der Waals surface area contributed by atoms with Crippen molar-refractivity contribution in [3.05, 3.63) is 30.7 Å². The van der Waals surface area contributed by atoms with Crippen molar-refractivity contribution in [2.45, 2.75) is 41.9 Å². The van der Waals surface area contributed by atoms with Crippen molar-refractivity contribution in [3.8, 4) is 22.8 Å². The first-order valence-electron chi connectivity index (χ1n) is 11.1. The first kappa shape index (κ1) is 22.1. The molecular formula is C21H22N8O4S2. The Hall–Kier alpha value is -3.36. The molecule has 3 aromatic heterocycles. The normalized spacial score (nSPS) is 15.2. The number of H-pyrrole nitrogens is 1. The molecule has 182 valence electrons. The summed E-state index contributed by atoms with van der Waals surface area (Å²) in [6, 6.07) is 5.73. The van der Waals surface area contributed by atoms with E-state index in [1.165, 1.54) is 18.1 Å². The number of hydrogen-bond acceptors (Lipinski definition) is 10. The Morgan fingerprint density at radius 2 is 2.06 bits per heavy atom. The van der Waals surface area contributed by atoms with Crippen molar-refractivity contribution in [2.24, 2.45) is 0 Å². The van der Waals surface area contributed by atoms with Gasteiger partial charge in [-0.2, -0.15) is 5.10 Å². The lowest BCUT2D eigenvalue weighted by molar-refractivity contribution is 0.174. The molecule has 1 aliphatic carbocycles. The summed E-state index contributed by atoms with van der Waals surface area (Å²) >= 11 is 1.39. The fourth-order valence-corrected chi connectivity index (χ4v) is 6.29. The van der Waals surface area contributed by atoms with Gasteiger partial charge in [0.15, 0.2) is 33.6 Å². The quantitative estimate of drug-likeness (QED) is 0.301. The molecule has 12 nitrogen and oxygen atoms in total. The third kappa shape index (κ3) is 4.51. The summed E-state index contributed by atoms with van der Waals surface area (Å²) < 4.78 is 40.5. The highest BCUT2D eigenvalue weighted by atomic mass is 32.2.